The number of anilines is 2. The SMILES string of the molecule is Oc1ccc(CCNc2nc(F)nc(NCCCCc3ccc(F)cc3)n2)cc1. The van der Waals surface area contributed by atoms with Crippen LogP contribution in [0.3, 0.4) is 0 Å². The highest BCUT2D eigenvalue weighted by Gasteiger charge is 2.06. The Kier molecular flexibility index (Phi) is 7.27. The average molecular weight is 399 g/mol. The molecule has 3 rings (SSSR count). The molecule has 0 saturated carbocycles. The maximum Gasteiger partial charge on any atom is 0.315 e. The molecule has 0 amide bonds. The topological polar surface area (TPSA) is 83.0 Å². The monoisotopic (exact) mass is 399 g/mol. The summed E-state index contributed by atoms with van der Waals surface area (Å²) in [6.45, 7) is 1.11. The van der Waals surface area contributed by atoms with Gasteiger partial charge in [-0.15, -0.1) is 0 Å². The third-order valence-corrected chi connectivity index (χ3v) is 4.33. The van der Waals surface area contributed by atoms with Crippen LogP contribution in [0.5, 0.6) is 5.75 Å². The third kappa shape index (κ3) is 6.99. The summed E-state index contributed by atoms with van der Waals surface area (Å²) in [4.78, 5) is 11.5. The number of nitrogens with one attached hydrogen (secondary N) is 2. The van der Waals surface area contributed by atoms with Crippen LogP contribution >= 0.6 is 0 Å². The van der Waals surface area contributed by atoms with Gasteiger partial charge in [-0.3, -0.25) is 0 Å². The van der Waals surface area contributed by atoms with Crippen LogP contribution in [-0.4, -0.2) is 33.1 Å². The lowest BCUT2D eigenvalue weighted by Crippen LogP contribution is -2.13. The lowest BCUT2D eigenvalue weighted by molar-refractivity contribution is 0.475. The van der Waals surface area contributed by atoms with Gasteiger partial charge in [0.1, 0.15) is 11.6 Å². The van der Waals surface area contributed by atoms with Gasteiger partial charge >= 0.3 is 6.08 Å². The molecule has 0 aliphatic carbocycles. The van der Waals surface area contributed by atoms with Gasteiger partial charge in [0.05, 0.1) is 0 Å². The Balaban J connectivity index is 1.41. The van der Waals surface area contributed by atoms with Crippen molar-refractivity contribution in [2.45, 2.75) is 25.7 Å². The molecule has 0 spiro atoms. The summed E-state index contributed by atoms with van der Waals surface area (Å²) in [5, 5.41) is 15.3. The Morgan fingerprint density at radius 3 is 1.97 bits per heavy atom. The second-order valence-electron chi connectivity index (χ2n) is 6.61. The summed E-state index contributed by atoms with van der Waals surface area (Å²) in [5.41, 5.74) is 2.11. The fourth-order valence-corrected chi connectivity index (χ4v) is 2.79. The maximum atomic E-state index is 13.7. The zero-order chi connectivity index (χ0) is 20.5. The summed E-state index contributed by atoms with van der Waals surface area (Å²) in [6, 6.07) is 13.4. The first-order valence-corrected chi connectivity index (χ1v) is 9.50. The van der Waals surface area contributed by atoms with Gasteiger partial charge in [0, 0.05) is 13.1 Å². The highest BCUT2D eigenvalue weighted by atomic mass is 19.1. The van der Waals surface area contributed by atoms with E-state index in [4.69, 9.17) is 0 Å². The van der Waals surface area contributed by atoms with Gasteiger partial charge in [0.2, 0.25) is 11.9 Å². The van der Waals surface area contributed by atoms with Gasteiger partial charge in [-0.25, -0.2) is 4.39 Å². The van der Waals surface area contributed by atoms with E-state index in [0.29, 0.717) is 19.5 Å². The summed E-state index contributed by atoms with van der Waals surface area (Å²) in [6.07, 6.45) is 2.43. The molecule has 0 radical (unpaired) electrons. The van der Waals surface area contributed by atoms with Gasteiger partial charge in [-0.05, 0) is 61.1 Å². The number of hydrogen-bond donors (Lipinski definition) is 3. The molecule has 0 aliphatic heterocycles. The molecule has 3 aromatic rings. The number of unbranched alkanes of at least 4 members (excludes halogenated alkanes) is 1. The predicted molar refractivity (Wildman–Crippen MR) is 108 cm³/mol. The number of benzene rings is 2. The number of phenols is 1. The molecule has 1 aromatic heterocycles. The molecule has 152 valence electrons. The van der Waals surface area contributed by atoms with Crippen LogP contribution in [0.1, 0.15) is 24.0 Å². The largest absolute Gasteiger partial charge is 0.508 e. The number of aryl methyl sites for hydroxylation is 1. The fraction of sp³-hybridized carbons (Fsp3) is 0.286. The maximum absolute atomic E-state index is 13.7. The molecular weight excluding hydrogens is 376 g/mol. The third-order valence-electron chi connectivity index (χ3n) is 4.33. The smallest absolute Gasteiger partial charge is 0.315 e. The minimum absolute atomic E-state index is 0.171. The molecule has 0 bridgehead atoms. The van der Waals surface area contributed by atoms with Crippen LogP contribution in [0.25, 0.3) is 0 Å². The molecule has 8 heteroatoms. The second-order valence-corrected chi connectivity index (χ2v) is 6.61. The fourth-order valence-electron chi connectivity index (χ4n) is 2.79. The minimum atomic E-state index is -0.846. The average Bonchev–Trinajstić information content (AvgIpc) is 2.70. The molecule has 0 fully saturated rings. The van der Waals surface area contributed by atoms with Crippen LogP contribution < -0.4 is 10.6 Å². The number of halogens is 2. The van der Waals surface area contributed by atoms with Crippen molar-refractivity contribution < 1.29 is 13.9 Å². The number of aromatic nitrogens is 3. The predicted octanol–water partition coefficient (Wildman–Crippen LogP) is 3.94. The molecule has 0 aliphatic rings. The molecule has 0 saturated heterocycles. The summed E-state index contributed by atoms with van der Waals surface area (Å²) in [5.74, 6) is 0.339. The van der Waals surface area contributed by atoms with E-state index in [1.165, 1.54) is 12.1 Å². The van der Waals surface area contributed by atoms with E-state index >= 15 is 0 Å². The first-order valence-electron chi connectivity index (χ1n) is 9.50. The van der Waals surface area contributed by atoms with Gasteiger partial charge in [0.15, 0.2) is 0 Å². The van der Waals surface area contributed by atoms with Crippen molar-refractivity contribution in [3.8, 4) is 5.75 Å². The second kappa shape index (κ2) is 10.3. The quantitative estimate of drug-likeness (QED) is 0.448. The van der Waals surface area contributed by atoms with E-state index in [-0.39, 0.29) is 23.5 Å². The van der Waals surface area contributed by atoms with Crippen LogP contribution in [0.15, 0.2) is 48.5 Å². The van der Waals surface area contributed by atoms with Gasteiger partial charge in [0.25, 0.3) is 0 Å². The number of phenolic OH excluding ortho intramolecular Hbond substituents is 1. The van der Waals surface area contributed by atoms with Crippen molar-refractivity contribution in [3.63, 3.8) is 0 Å². The lowest BCUT2D eigenvalue weighted by Gasteiger charge is -2.08. The first kappa shape index (κ1) is 20.4. The first-order chi connectivity index (χ1) is 14.1. The van der Waals surface area contributed by atoms with Crippen LogP contribution in [-0.2, 0) is 12.8 Å². The van der Waals surface area contributed by atoms with Gasteiger partial charge in [-0.2, -0.15) is 19.3 Å². The zero-order valence-electron chi connectivity index (χ0n) is 15.9. The Hall–Kier alpha value is -3.29. The van der Waals surface area contributed by atoms with Crippen molar-refractivity contribution in [1.82, 2.24) is 15.0 Å². The Morgan fingerprint density at radius 1 is 0.690 bits per heavy atom. The number of aromatic hydroxyl groups is 1. The van der Waals surface area contributed by atoms with E-state index in [1.807, 2.05) is 12.1 Å². The van der Waals surface area contributed by atoms with E-state index in [1.54, 1.807) is 24.3 Å². The van der Waals surface area contributed by atoms with Crippen LogP contribution in [0.2, 0.25) is 0 Å². The molecular formula is C21H23F2N5O. The molecule has 2 aromatic carbocycles. The highest BCUT2D eigenvalue weighted by molar-refractivity contribution is 5.33. The van der Waals surface area contributed by atoms with E-state index < -0.39 is 6.08 Å². The molecule has 1 heterocycles. The number of hydrogen-bond acceptors (Lipinski definition) is 6. The Morgan fingerprint density at radius 2 is 1.28 bits per heavy atom. The number of rotatable bonds is 10. The molecule has 0 atom stereocenters. The van der Waals surface area contributed by atoms with Crippen molar-refractivity contribution in [2.75, 3.05) is 23.7 Å². The molecule has 6 nitrogen and oxygen atoms in total. The molecule has 3 N–H and O–H groups in total. The molecule has 0 unspecified atom stereocenters. The van der Waals surface area contributed by atoms with Crippen molar-refractivity contribution in [3.05, 3.63) is 71.6 Å². The highest BCUT2D eigenvalue weighted by Crippen LogP contribution is 2.11. The summed E-state index contributed by atoms with van der Waals surface area (Å²) in [7, 11) is 0. The van der Waals surface area contributed by atoms with Crippen LogP contribution in [0, 0.1) is 11.9 Å². The summed E-state index contributed by atoms with van der Waals surface area (Å²) < 4.78 is 26.5. The van der Waals surface area contributed by atoms with Crippen molar-refractivity contribution >= 4 is 11.9 Å². The van der Waals surface area contributed by atoms with E-state index in [2.05, 4.69) is 25.6 Å². The Bertz CT molecular complexity index is 904. The van der Waals surface area contributed by atoms with Crippen molar-refractivity contribution in [1.29, 1.82) is 0 Å². The minimum Gasteiger partial charge on any atom is -0.508 e. The summed E-state index contributed by atoms with van der Waals surface area (Å²) >= 11 is 0. The van der Waals surface area contributed by atoms with E-state index in [9.17, 15) is 13.9 Å². The number of nitrogens with zero attached hydrogens (tertiary/aromatic N) is 3. The van der Waals surface area contributed by atoms with Gasteiger partial charge in [-0.1, -0.05) is 24.3 Å². The van der Waals surface area contributed by atoms with Crippen LogP contribution in [0.4, 0.5) is 20.7 Å². The standard InChI is InChI=1S/C21H23F2N5O/c22-17-8-4-15(5-9-17)3-1-2-13-24-20-26-19(23)27-21(28-20)25-14-12-16-6-10-18(29)11-7-16/h4-11,29H,1-3,12-14H2,(H2,24,25,26,27,28). The normalized spacial score (nSPS) is 10.7. The molecule has 29 heavy (non-hydrogen) atoms. The van der Waals surface area contributed by atoms with Gasteiger partial charge < -0.3 is 15.7 Å². The lowest BCUT2D eigenvalue weighted by atomic mass is 10.1. The Labute approximate surface area is 168 Å². The van der Waals surface area contributed by atoms with E-state index in [0.717, 1.165) is 30.4 Å². The zero-order valence-corrected chi connectivity index (χ0v) is 15.9. The van der Waals surface area contributed by atoms with Crippen molar-refractivity contribution in [2.24, 2.45) is 0 Å².